The van der Waals surface area contributed by atoms with E-state index in [1.54, 1.807) is 0 Å². The summed E-state index contributed by atoms with van der Waals surface area (Å²) in [5, 5.41) is 14.8. The Bertz CT molecular complexity index is 432. The first-order chi connectivity index (χ1) is 9.49. The van der Waals surface area contributed by atoms with Crippen LogP contribution in [0.5, 0.6) is 0 Å². The summed E-state index contributed by atoms with van der Waals surface area (Å²) in [6, 6.07) is 2.56. The van der Waals surface area contributed by atoms with Crippen molar-refractivity contribution in [2.24, 2.45) is 7.05 Å². The highest BCUT2D eigenvalue weighted by molar-refractivity contribution is 5.11. The van der Waals surface area contributed by atoms with E-state index in [0.29, 0.717) is 12.5 Å². The van der Waals surface area contributed by atoms with Gasteiger partial charge in [-0.2, -0.15) is 5.10 Å². The smallest absolute Gasteiger partial charge is 0.0624 e. The highest BCUT2D eigenvalue weighted by atomic mass is 16.3. The van der Waals surface area contributed by atoms with Crippen LogP contribution in [-0.4, -0.2) is 70.6 Å². The molecule has 2 heterocycles. The van der Waals surface area contributed by atoms with E-state index in [2.05, 4.69) is 42.0 Å². The summed E-state index contributed by atoms with van der Waals surface area (Å²) in [6.45, 7) is 5.35. The molecule has 2 rings (SSSR count). The molecule has 5 heteroatoms. The van der Waals surface area contributed by atoms with Crippen LogP contribution in [0.25, 0.3) is 0 Å². The molecule has 0 spiro atoms. The van der Waals surface area contributed by atoms with E-state index in [4.69, 9.17) is 0 Å². The van der Waals surface area contributed by atoms with Crippen LogP contribution in [0.2, 0.25) is 0 Å². The number of nitrogens with zero attached hydrogens (tertiary/aromatic N) is 4. The average Bonchev–Trinajstić information content (AvgIpc) is 2.74. The lowest BCUT2D eigenvalue weighted by molar-refractivity contribution is 0.0632. The molecule has 1 aromatic rings. The van der Waals surface area contributed by atoms with Crippen LogP contribution in [0.3, 0.4) is 0 Å². The second-order valence-corrected chi connectivity index (χ2v) is 6.09. The molecule has 0 saturated carbocycles. The van der Waals surface area contributed by atoms with Gasteiger partial charge in [-0.1, -0.05) is 6.92 Å². The molecule has 2 unspecified atom stereocenters. The largest absolute Gasteiger partial charge is 0.393 e. The molecule has 1 aliphatic heterocycles. The number of aryl methyl sites for hydroxylation is 2. The fraction of sp³-hybridized carbons (Fsp3) is 0.800. The Labute approximate surface area is 122 Å². The molecule has 1 aromatic heterocycles. The number of hydrogen-bond acceptors (Lipinski definition) is 4. The lowest BCUT2D eigenvalue weighted by atomic mass is 10.0. The third-order valence-corrected chi connectivity index (χ3v) is 4.36. The maximum absolute atomic E-state index is 10.4. The van der Waals surface area contributed by atoms with Gasteiger partial charge in [0, 0.05) is 44.8 Å². The lowest BCUT2D eigenvalue weighted by Gasteiger charge is -2.38. The number of aliphatic hydroxyl groups excluding tert-OH is 1. The van der Waals surface area contributed by atoms with Crippen LogP contribution in [0.4, 0.5) is 0 Å². The Morgan fingerprint density at radius 2 is 2.10 bits per heavy atom. The number of rotatable bonds is 5. The first-order valence-electron chi connectivity index (χ1n) is 7.58. The van der Waals surface area contributed by atoms with E-state index >= 15 is 0 Å². The summed E-state index contributed by atoms with van der Waals surface area (Å²) in [5.41, 5.74) is 2.23. The highest BCUT2D eigenvalue weighted by Gasteiger charge is 2.25. The molecule has 1 N–H and O–H groups in total. The highest BCUT2D eigenvalue weighted by Crippen LogP contribution is 2.15. The fourth-order valence-corrected chi connectivity index (χ4v) is 2.93. The third-order valence-electron chi connectivity index (χ3n) is 4.36. The van der Waals surface area contributed by atoms with Crippen molar-refractivity contribution in [3.05, 3.63) is 17.5 Å². The first-order valence-corrected chi connectivity index (χ1v) is 7.58. The summed E-state index contributed by atoms with van der Waals surface area (Å²) in [6.07, 6.45) is 2.17. The van der Waals surface area contributed by atoms with E-state index in [9.17, 15) is 5.11 Å². The van der Waals surface area contributed by atoms with Crippen molar-refractivity contribution in [2.45, 2.75) is 38.3 Å². The zero-order valence-corrected chi connectivity index (χ0v) is 13.2. The SMILES string of the molecule is CCc1cc(CC(O)CC2CN(C)CCN2C)n(C)n1. The summed E-state index contributed by atoms with van der Waals surface area (Å²) in [7, 11) is 6.27. The second kappa shape index (κ2) is 6.70. The molecular formula is C15H28N4O. The molecule has 1 aliphatic rings. The molecule has 0 aromatic carbocycles. The number of aromatic nitrogens is 2. The molecular weight excluding hydrogens is 252 g/mol. The van der Waals surface area contributed by atoms with E-state index in [1.807, 2.05) is 11.7 Å². The maximum atomic E-state index is 10.4. The Morgan fingerprint density at radius 1 is 1.35 bits per heavy atom. The van der Waals surface area contributed by atoms with Crippen molar-refractivity contribution < 1.29 is 5.11 Å². The second-order valence-electron chi connectivity index (χ2n) is 6.09. The topological polar surface area (TPSA) is 44.5 Å². The third kappa shape index (κ3) is 3.81. The van der Waals surface area contributed by atoms with Crippen molar-refractivity contribution in [1.29, 1.82) is 0 Å². The number of hydrogen-bond donors (Lipinski definition) is 1. The number of piperazine rings is 1. The molecule has 0 aliphatic carbocycles. The van der Waals surface area contributed by atoms with Gasteiger partial charge in [-0.15, -0.1) is 0 Å². The zero-order valence-electron chi connectivity index (χ0n) is 13.2. The summed E-state index contributed by atoms with van der Waals surface area (Å²) < 4.78 is 1.90. The van der Waals surface area contributed by atoms with Crippen LogP contribution in [0.15, 0.2) is 6.07 Å². The van der Waals surface area contributed by atoms with Gasteiger partial charge in [0.1, 0.15) is 0 Å². The van der Waals surface area contributed by atoms with Gasteiger partial charge in [0.15, 0.2) is 0 Å². The predicted molar refractivity (Wildman–Crippen MR) is 80.8 cm³/mol. The molecule has 0 amide bonds. The van der Waals surface area contributed by atoms with E-state index in [0.717, 1.165) is 43.9 Å². The summed E-state index contributed by atoms with van der Waals surface area (Å²) in [4.78, 5) is 4.71. The van der Waals surface area contributed by atoms with Crippen LogP contribution >= 0.6 is 0 Å². The summed E-state index contributed by atoms with van der Waals surface area (Å²) >= 11 is 0. The van der Waals surface area contributed by atoms with Crippen LogP contribution in [-0.2, 0) is 19.9 Å². The number of likely N-dealkylation sites (N-methyl/N-ethyl adjacent to an activating group) is 2. The van der Waals surface area contributed by atoms with Crippen LogP contribution in [0.1, 0.15) is 24.7 Å². The summed E-state index contributed by atoms with van der Waals surface area (Å²) in [5.74, 6) is 0. The average molecular weight is 280 g/mol. The molecule has 1 fully saturated rings. The molecule has 20 heavy (non-hydrogen) atoms. The quantitative estimate of drug-likeness (QED) is 0.854. The van der Waals surface area contributed by atoms with Gasteiger partial charge in [-0.3, -0.25) is 4.68 Å². The lowest BCUT2D eigenvalue weighted by Crippen LogP contribution is -2.51. The molecule has 0 radical (unpaired) electrons. The van der Waals surface area contributed by atoms with Gasteiger partial charge in [0.2, 0.25) is 0 Å². The predicted octanol–water partition coefficient (Wildman–Crippen LogP) is 0.522. The van der Waals surface area contributed by atoms with Crippen LogP contribution in [0, 0.1) is 0 Å². The standard InChI is InChI=1S/C15H28N4O/c1-5-12-8-13(19(4)16-12)9-15(20)10-14-11-17(2)6-7-18(14)3/h8,14-15,20H,5-7,9-11H2,1-4H3. The van der Waals surface area contributed by atoms with Crippen molar-refractivity contribution in [3.63, 3.8) is 0 Å². The fourth-order valence-electron chi connectivity index (χ4n) is 2.93. The zero-order chi connectivity index (χ0) is 14.7. The minimum absolute atomic E-state index is 0.297. The van der Waals surface area contributed by atoms with Crippen molar-refractivity contribution in [3.8, 4) is 0 Å². The minimum atomic E-state index is -0.297. The Hall–Kier alpha value is -0.910. The first kappa shape index (κ1) is 15.5. The minimum Gasteiger partial charge on any atom is -0.393 e. The molecule has 0 bridgehead atoms. The van der Waals surface area contributed by atoms with E-state index < -0.39 is 0 Å². The van der Waals surface area contributed by atoms with E-state index in [-0.39, 0.29) is 6.10 Å². The Morgan fingerprint density at radius 3 is 2.75 bits per heavy atom. The molecule has 5 nitrogen and oxygen atoms in total. The van der Waals surface area contributed by atoms with Crippen molar-refractivity contribution in [2.75, 3.05) is 33.7 Å². The van der Waals surface area contributed by atoms with Crippen molar-refractivity contribution in [1.82, 2.24) is 19.6 Å². The van der Waals surface area contributed by atoms with E-state index in [1.165, 1.54) is 0 Å². The van der Waals surface area contributed by atoms with Gasteiger partial charge in [-0.05, 0) is 33.0 Å². The molecule has 2 atom stereocenters. The van der Waals surface area contributed by atoms with Crippen LogP contribution < -0.4 is 0 Å². The van der Waals surface area contributed by atoms with Gasteiger partial charge < -0.3 is 14.9 Å². The Balaban J connectivity index is 1.91. The van der Waals surface area contributed by atoms with Gasteiger partial charge in [0.25, 0.3) is 0 Å². The van der Waals surface area contributed by atoms with Gasteiger partial charge in [-0.25, -0.2) is 0 Å². The Kier molecular flexibility index (Phi) is 5.18. The van der Waals surface area contributed by atoms with Gasteiger partial charge >= 0.3 is 0 Å². The monoisotopic (exact) mass is 280 g/mol. The van der Waals surface area contributed by atoms with Crippen molar-refractivity contribution >= 4 is 0 Å². The molecule has 114 valence electrons. The maximum Gasteiger partial charge on any atom is 0.0624 e. The van der Waals surface area contributed by atoms with Gasteiger partial charge in [0.05, 0.1) is 11.8 Å². The molecule has 1 saturated heterocycles. The number of aliphatic hydroxyl groups is 1. The normalized spacial score (nSPS) is 23.1.